The number of carbonyl (C=O) groups excluding carboxylic acids is 1. The standard InChI is InChI=1S/C18H15I2NO3/c19-15-9-13(10-16(20)17(15)22)18(23)21-6-7-24-14(11-21)8-12-4-2-1-3-5-12/h1-2,4,6-7,9-11,22H,3,5,8H2. The molecule has 6 heteroatoms. The van der Waals surface area contributed by atoms with Crippen molar-refractivity contribution in [2.24, 2.45) is 0 Å². The molecule has 2 aliphatic rings. The maximum absolute atomic E-state index is 12.7. The van der Waals surface area contributed by atoms with Gasteiger partial charge in [-0.1, -0.05) is 23.8 Å². The second kappa shape index (κ2) is 7.73. The highest BCUT2D eigenvalue weighted by atomic mass is 127. The number of benzene rings is 1. The van der Waals surface area contributed by atoms with E-state index in [-0.39, 0.29) is 11.7 Å². The van der Waals surface area contributed by atoms with Gasteiger partial charge in [-0.3, -0.25) is 9.69 Å². The van der Waals surface area contributed by atoms with Crippen LogP contribution in [0.25, 0.3) is 0 Å². The number of allylic oxidation sites excluding steroid dienone is 4. The van der Waals surface area contributed by atoms with Crippen molar-refractivity contribution in [3.05, 3.63) is 73.1 Å². The molecule has 1 aliphatic heterocycles. The summed E-state index contributed by atoms with van der Waals surface area (Å²) >= 11 is 4.05. The van der Waals surface area contributed by atoms with Crippen LogP contribution in [0.4, 0.5) is 0 Å². The van der Waals surface area contributed by atoms with E-state index in [1.165, 1.54) is 16.7 Å². The van der Waals surface area contributed by atoms with Crippen molar-refractivity contribution in [1.82, 2.24) is 4.90 Å². The lowest BCUT2D eigenvalue weighted by molar-refractivity contribution is 0.0853. The van der Waals surface area contributed by atoms with Gasteiger partial charge < -0.3 is 9.84 Å². The Morgan fingerprint density at radius 3 is 2.71 bits per heavy atom. The van der Waals surface area contributed by atoms with Gasteiger partial charge in [0.25, 0.3) is 5.91 Å². The number of phenolic OH excluding ortho intramolecular Hbond substituents is 1. The first-order valence-electron chi connectivity index (χ1n) is 7.44. The van der Waals surface area contributed by atoms with Crippen LogP contribution in [0.5, 0.6) is 5.75 Å². The number of hydrogen-bond acceptors (Lipinski definition) is 3. The van der Waals surface area contributed by atoms with Crippen LogP contribution in [-0.2, 0) is 4.74 Å². The third-order valence-electron chi connectivity index (χ3n) is 3.72. The Hall–Kier alpha value is -1.29. The van der Waals surface area contributed by atoms with Gasteiger partial charge in [0.1, 0.15) is 17.8 Å². The maximum atomic E-state index is 12.7. The molecule has 24 heavy (non-hydrogen) atoms. The number of rotatable bonds is 3. The molecule has 0 unspecified atom stereocenters. The second-order valence-electron chi connectivity index (χ2n) is 5.47. The number of nitrogens with zero attached hydrogens (tertiary/aromatic N) is 1. The molecule has 1 aliphatic carbocycles. The van der Waals surface area contributed by atoms with Crippen molar-refractivity contribution < 1.29 is 14.6 Å². The molecule has 1 aromatic carbocycles. The summed E-state index contributed by atoms with van der Waals surface area (Å²) in [5.74, 6) is 0.801. The number of ether oxygens (including phenoxy) is 1. The van der Waals surface area contributed by atoms with Gasteiger partial charge in [-0.25, -0.2) is 0 Å². The third-order valence-corrected chi connectivity index (χ3v) is 5.37. The van der Waals surface area contributed by atoms with Crippen LogP contribution >= 0.6 is 45.2 Å². The van der Waals surface area contributed by atoms with Crippen LogP contribution in [0.2, 0.25) is 0 Å². The summed E-state index contributed by atoms with van der Waals surface area (Å²) in [4.78, 5) is 14.2. The van der Waals surface area contributed by atoms with Gasteiger partial charge in [-0.05, 0) is 70.2 Å². The molecule has 0 saturated heterocycles. The summed E-state index contributed by atoms with van der Waals surface area (Å²) in [7, 11) is 0. The highest BCUT2D eigenvalue weighted by molar-refractivity contribution is 14.1. The SMILES string of the molecule is O=C(c1cc(I)c(O)c(I)c1)N1C=COC(CC2=CC=CCC2)=C1. The summed E-state index contributed by atoms with van der Waals surface area (Å²) in [5.41, 5.74) is 1.82. The molecule has 0 radical (unpaired) electrons. The van der Waals surface area contributed by atoms with Gasteiger partial charge in [0, 0.05) is 18.2 Å². The number of halogens is 2. The first kappa shape index (κ1) is 17.5. The first-order chi connectivity index (χ1) is 11.5. The Bertz CT molecular complexity index is 770. The molecule has 0 bridgehead atoms. The lowest BCUT2D eigenvalue weighted by Crippen LogP contribution is -2.23. The predicted molar refractivity (Wildman–Crippen MR) is 109 cm³/mol. The van der Waals surface area contributed by atoms with E-state index in [4.69, 9.17) is 4.74 Å². The normalized spacial score (nSPS) is 16.5. The fourth-order valence-electron chi connectivity index (χ4n) is 2.49. The quantitative estimate of drug-likeness (QED) is 0.540. The molecule has 0 aromatic heterocycles. The molecule has 4 nitrogen and oxygen atoms in total. The van der Waals surface area contributed by atoms with Crippen molar-refractivity contribution in [2.45, 2.75) is 19.3 Å². The lowest BCUT2D eigenvalue weighted by atomic mass is 10.0. The summed E-state index contributed by atoms with van der Waals surface area (Å²) in [6.07, 6.45) is 13.9. The Balaban J connectivity index is 1.79. The van der Waals surface area contributed by atoms with Crippen molar-refractivity contribution >= 4 is 51.1 Å². The molecule has 0 saturated carbocycles. The van der Waals surface area contributed by atoms with Gasteiger partial charge >= 0.3 is 0 Å². The maximum Gasteiger partial charge on any atom is 0.262 e. The van der Waals surface area contributed by atoms with Crippen LogP contribution in [0.15, 0.2) is 60.4 Å². The first-order valence-corrected chi connectivity index (χ1v) is 9.59. The summed E-state index contributed by atoms with van der Waals surface area (Å²) in [6.45, 7) is 0. The van der Waals surface area contributed by atoms with Gasteiger partial charge in [-0.15, -0.1) is 0 Å². The van der Waals surface area contributed by atoms with E-state index >= 15 is 0 Å². The minimum Gasteiger partial charge on any atom is -0.506 e. The largest absolute Gasteiger partial charge is 0.506 e. The van der Waals surface area contributed by atoms with Gasteiger partial charge in [0.05, 0.1) is 13.3 Å². The van der Waals surface area contributed by atoms with Gasteiger partial charge in [-0.2, -0.15) is 0 Å². The van der Waals surface area contributed by atoms with Crippen LogP contribution in [0.3, 0.4) is 0 Å². The average molecular weight is 547 g/mol. The second-order valence-corrected chi connectivity index (χ2v) is 7.79. The number of phenols is 1. The molecule has 1 N–H and O–H groups in total. The minimum absolute atomic E-state index is 0.152. The molecule has 0 atom stereocenters. The zero-order valence-electron chi connectivity index (χ0n) is 12.7. The molecule has 1 heterocycles. The summed E-state index contributed by atoms with van der Waals surface area (Å²) in [6, 6.07) is 3.37. The molecular formula is C18H15I2NO3. The van der Waals surface area contributed by atoms with Crippen LogP contribution < -0.4 is 0 Å². The topological polar surface area (TPSA) is 49.8 Å². The van der Waals surface area contributed by atoms with E-state index in [0.29, 0.717) is 19.1 Å². The number of carbonyl (C=O) groups is 1. The van der Waals surface area contributed by atoms with Gasteiger partial charge in [0.15, 0.2) is 0 Å². The van der Waals surface area contributed by atoms with Crippen LogP contribution in [0, 0.1) is 7.14 Å². The van der Waals surface area contributed by atoms with Crippen molar-refractivity contribution in [3.63, 3.8) is 0 Å². The van der Waals surface area contributed by atoms with E-state index in [2.05, 4.69) is 18.2 Å². The predicted octanol–water partition coefficient (Wildman–Crippen LogP) is 5.05. The number of hydrogen-bond donors (Lipinski definition) is 1. The summed E-state index contributed by atoms with van der Waals surface area (Å²) in [5, 5.41) is 9.85. The van der Waals surface area contributed by atoms with E-state index < -0.39 is 0 Å². The molecular weight excluding hydrogens is 532 g/mol. The monoisotopic (exact) mass is 547 g/mol. The summed E-state index contributed by atoms with van der Waals surface area (Å²) < 4.78 is 6.85. The lowest BCUT2D eigenvalue weighted by Gasteiger charge is -2.21. The van der Waals surface area contributed by atoms with Crippen molar-refractivity contribution in [2.75, 3.05) is 0 Å². The van der Waals surface area contributed by atoms with Crippen molar-refractivity contribution in [1.29, 1.82) is 0 Å². The molecule has 1 amide bonds. The number of aromatic hydroxyl groups is 1. The fourth-order valence-corrected chi connectivity index (χ4v) is 4.26. The fraction of sp³-hybridized carbons (Fsp3) is 0.167. The van der Waals surface area contributed by atoms with E-state index in [1.807, 2.05) is 45.2 Å². The van der Waals surface area contributed by atoms with Gasteiger partial charge in [0.2, 0.25) is 0 Å². The van der Waals surface area contributed by atoms with Crippen LogP contribution in [-0.4, -0.2) is 15.9 Å². The van der Waals surface area contributed by atoms with E-state index in [1.54, 1.807) is 24.5 Å². The molecule has 0 fully saturated rings. The zero-order chi connectivity index (χ0) is 17.1. The number of amides is 1. The van der Waals surface area contributed by atoms with E-state index in [0.717, 1.165) is 18.6 Å². The third kappa shape index (κ3) is 4.02. The van der Waals surface area contributed by atoms with E-state index in [9.17, 15) is 9.90 Å². The Kier molecular flexibility index (Phi) is 5.65. The average Bonchev–Trinajstić information content (AvgIpc) is 2.59. The molecule has 3 rings (SSSR count). The highest BCUT2D eigenvalue weighted by Gasteiger charge is 2.19. The molecule has 0 spiro atoms. The minimum atomic E-state index is -0.152. The smallest absolute Gasteiger partial charge is 0.262 e. The molecule has 1 aromatic rings. The zero-order valence-corrected chi connectivity index (χ0v) is 17.0. The Labute approximate surface area is 167 Å². The molecule has 124 valence electrons. The highest BCUT2D eigenvalue weighted by Crippen LogP contribution is 2.29. The Morgan fingerprint density at radius 2 is 2.04 bits per heavy atom. The Morgan fingerprint density at radius 1 is 1.29 bits per heavy atom. The van der Waals surface area contributed by atoms with Crippen LogP contribution in [0.1, 0.15) is 29.6 Å². The van der Waals surface area contributed by atoms with Crippen molar-refractivity contribution in [3.8, 4) is 5.75 Å².